The largest absolute Gasteiger partial charge is 0.496 e. The van der Waals surface area contributed by atoms with E-state index in [1.165, 1.54) is 6.26 Å². The van der Waals surface area contributed by atoms with Crippen LogP contribution in [0.3, 0.4) is 0 Å². The summed E-state index contributed by atoms with van der Waals surface area (Å²) in [6.07, 6.45) is 4.97. The van der Waals surface area contributed by atoms with Crippen molar-refractivity contribution in [3.8, 4) is 0 Å². The second kappa shape index (κ2) is 4.73. The van der Waals surface area contributed by atoms with Crippen molar-refractivity contribution >= 4 is 9.84 Å². The average molecular weight is 248 g/mol. The molecule has 0 aromatic heterocycles. The molecule has 94 valence electrons. The molecule has 6 heteroatoms. The smallest absolute Gasteiger partial charge is 0.154 e. The lowest BCUT2D eigenvalue weighted by atomic mass is 10.00. The highest BCUT2D eigenvalue weighted by Crippen LogP contribution is 2.27. The van der Waals surface area contributed by atoms with E-state index in [0.717, 1.165) is 12.8 Å². The van der Waals surface area contributed by atoms with Crippen LogP contribution in [0.4, 0.5) is 0 Å². The third-order valence-electron chi connectivity index (χ3n) is 3.06. The number of hydrogen-bond donors (Lipinski definition) is 2. The van der Waals surface area contributed by atoms with E-state index in [0.29, 0.717) is 12.4 Å². The zero-order valence-corrected chi connectivity index (χ0v) is 10.8. The molecule has 1 atom stereocenters. The van der Waals surface area contributed by atoms with Crippen LogP contribution in [0.5, 0.6) is 0 Å². The fourth-order valence-electron chi connectivity index (χ4n) is 1.62. The van der Waals surface area contributed by atoms with E-state index < -0.39 is 20.6 Å². The zero-order valence-electron chi connectivity index (χ0n) is 9.99. The summed E-state index contributed by atoms with van der Waals surface area (Å²) in [5.74, 6) is 6.08. The maximum absolute atomic E-state index is 11.7. The van der Waals surface area contributed by atoms with Crippen LogP contribution in [-0.4, -0.2) is 32.1 Å². The van der Waals surface area contributed by atoms with Gasteiger partial charge in [-0.1, -0.05) is 0 Å². The quantitative estimate of drug-likeness (QED) is 0.554. The number of ether oxygens (including phenoxy) is 1. The Morgan fingerprint density at radius 2 is 2.19 bits per heavy atom. The second-order valence-corrected chi connectivity index (χ2v) is 7.17. The predicted molar refractivity (Wildman–Crippen MR) is 63.3 cm³/mol. The molecule has 0 amide bonds. The van der Waals surface area contributed by atoms with Gasteiger partial charge in [0.1, 0.15) is 5.76 Å². The molecular weight excluding hydrogens is 228 g/mol. The highest BCUT2D eigenvalue weighted by Gasteiger charge is 2.41. The van der Waals surface area contributed by atoms with Crippen molar-refractivity contribution in [3.05, 3.63) is 11.8 Å². The summed E-state index contributed by atoms with van der Waals surface area (Å²) in [5, 5.41) is 0. The molecule has 0 saturated carbocycles. The van der Waals surface area contributed by atoms with Gasteiger partial charge in [-0.05, 0) is 32.8 Å². The van der Waals surface area contributed by atoms with E-state index in [4.69, 9.17) is 10.6 Å². The molecule has 0 saturated heterocycles. The van der Waals surface area contributed by atoms with Gasteiger partial charge in [0.2, 0.25) is 0 Å². The number of sulfone groups is 1. The molecule has 0 aliphatic carbocycles. The predicted octanol–water partition coefficient (Wildman–Crippen LogP) is 0.336. The number of nitrogens with two attached hydrogens (primary N) is 1. The van der Waals surface area contributed by atoms with E-state index in [2.05, 4.69) is 5.43 Å². The van der Waals surface area contributed by atoms with Gasteiger partial charge in [-0.15, -0.1) is 0 Å². The summed E-state index contributed by atoms with van der Waals surface area (Å²) in [7, 11) is -3.23. The van der Waals surface area contributed by atoms with E-state index in [1.54, 1.807) is 13.8 Å². The number of hydrogen-bond acceptors (Lipinski definition) is 5. The van der Waals surface area contributed by atoms with Crippen molar-refractivity contribution in [2.45, 2.75) is 37.5 Å². The summed E-state index contributed by atoms with van der Waals surface area (Å²) in [4.78, 5) is 0. The fourth-order valence-corrected chi connectivity index (χ4v) is 2.23. The van der Waals surface area contributed by atoms with Gasteiger partial charge in [0.05, 0.1) is 17.4 Å². The van der Waals surface area contributed by atoms with Crippen LogP contribution in [0, 0.1) is 0 Å². The van der Waals surface area contributed by atoms with Gasteiger partial charge < -0.3 is 4.74 Å². The lowest BCUT2D eigenvalue weighted by Gasteiger charge is -2.34. The van der Waals surface area contributed by atoms with Crippen molar-refractivity contribution < 1.29 is 13.2 Å². The fraction of sp³-hybridized carbons (Fsp3) is 0.800. The molecule has 0 bridgehead atoms. The van der Waals surface area contributed by atoms with Crippen LogP contribution in [0.25, 0.3) is 0 Å². The average Bonchev–Trinajstić information content (AvgIpc) is 2.18. The monoisotopic (exact) mass is 248 g/mol. The molecule has 16 heavy (non-hydrogen) atoms. The number of nitrogens with one attached hydrogen (secondary N) is 1. The number of allylic oxidation sites excluding steroid dienone is 1. The summed E-state index contributed by atoms with van der Waals surface area (Å²) in [5.41, 5.74) is 2.55. The Kier molecular flexibility index (Phi) is 3.98. The Hall–Kier alpha value is -0.590. The van der Waals surface area contributed by atoms with Gasteiger partial charge >= 0.3 is 0 Å². The normalized spacial score (nSPS) is 19.9. The Bertz CT molecular complexity index is 374. The maximum atomic E-state index is 11.7. The topological polar surface area (TPSA) is 81.4 Å². The van der Waals surface area contributed by atoms with Gasteiger partial charge in [0.25, 0.3) is 0 Å². The first-order valence-electron chi connectivity index (χ1n) is 5.29. The molecule has 1 rings (SSSR count). The van der Waals surface area contributed by atoms with Gasteiger partial charge in [-0.2, -0.15) is 0 Å². The van der Waals surface area contributed by atoms with Crippen molar-refractivity contribution in [1.29, 1.82) is 0 Å². The first-order chi connectivity index (χ1) is 7.30. The maximum Gasteiger partial charge on any atom is 0.154 e. The summed E-state index contributed by atoms with van der Waals surface area (Å²) < 4.78 is 27.9. The Balaban J connectivity index is 3.02. The van der Waals surface area contributed by atoms with Crippen molar-refractivity contribution in [3.63, 3.8) is 0 Å². The molecule has 1 heterocycles. The molecule has 5 nitrogen and oxygen atoms in total. The first kappa shape index (κ1) is 13.5. The zero-order chi connectivity index (χ0) is 12.4. The van der Waals surface area contributed by atoms with E-state index in [-0.39, 0.29) is 0 Å². The van der Waals surface area contributed by atoms with E-state index in [1.807, 2.05) is 6.08 Å². The van der Waals surface area contributed by atoms with Crippen molar-refractivity contribution in [1.82, 2.24) is 5.43 Å². The molecule has 3 N–H and O–H groups in total. The summed E-state index contributed by atoms with van der Waals surface area (Å²) >= 11 is 0. The van der Waals surface area contributed by atoms with Crippen molar-refractivity contribution in [2.24, 2.45) is 5.84 Å². The molecule has 1 aliphatic heterocycles. The second-order valence-electron chi connectivity index (χ2n) is 4.57. The van der Waals surface area contributed by atoms with Crippen LogP contribution in [-0.2, 0) is 14.6 Å². The SMILES string of the molecule is CC(C)(C(NN)C1=CCCCO1)S(C)(=O)=O. The molecule has 0 fully saturated rings. The first-order valence-corrected chi connectivity index (χ1v) is 7.18. The van der Waals surface area contributed by atoms with Gasteiger partial charge in [0, 0.05) is 6.26 Å². The van der Waals surface area contributed by atoms with Crippen LogP contribution in [0.1, 0.15) is 26.7 Å². The lowest BCUT2D eigenvalue weighted by Crippen LogP contribution is -2.55. The third-order valence-corrected chi connectivity index (χ3v) is 5.21. The standard InChI is InChI=1S/C10H20N2O3S/c1-10(2,16(3,13)14)9(12-11)8-6-4-5-7-15-8/h6,9,12H,4-5,7,11H2,1-3H3. The molecule has 1 unspecified atom stereocenters. The molecule has 0 spiro atoms. The number of rotatable bonds is 4. The summed E-state index contributed by atoms with van der Waals surface area (Å²) in [6, 6.07) is -0.511. The lowest BCUT2D eigenvalue weighted by molar-refractivity contribution is 0.158. The Morgan fingerprint density at radius 3 is 2.56 bits per heavy atom. The Morgan fingerprint density at radius 1 is 1.56 bits per heavy atom. The molecule has 0 aromatic carbocycles. The minimum absolute atomic E-state index is 0.511. The summed E-state index contributed by atoms with van der Waals surface area (Å²) in [6.45, 7) is 3.90. The minimum Gasteiger partial charge on any atom is -0.496 e. The molecule has 0 aromatic rings. The van der Waals surface area contributed by atoms with Gasteiger partial charge in [-0.25, -0.2) is 13.8 Å². The molecular formula is C10H20N2O3S. The van der Waals surface area contributed by atoms with Crippen LogP contribution in [0.2, 0.25) is 0 Å². The van der Waals surface area contributed by atoms with E-state index in [9.17, 15) is 8.42 Å². The Labute approximate surface area is 96.9 Å². The van der Waals surface area contributed by atoms with Crippen LogP contribution >= 0.6 is 0 Å². The van der Waals surface area contributed by atoms with Gasteiger partial charge in [-0.3, -0.25) is 5.84 Å². The van der Waals surface area contributed by atoms with Crippen molar-refractivity contribution in [2.75, 3.05) is 12.9 Å². The van der Waals surface area contributed by atoms with Gasteiger partial charge in [0.15, 0.2) is 9.84 Å². The molecule has 1 aliphatic rings. The number of hydrazine groups is 1. The third kappa shape index (κ3) is 2.56. The van der Waals surface area contributed by atoms with Crippen LogP contribution in [0.15, 0.2) is 11.8 Å². The minimum atomic E-state index is -3.23. The highest BCUT2D eigenvalue weighted by atomic mass is 32.2. The molecule has 0 radical (unpaired) electrons. The van der Waals surface area contributed by atoms with E-state index >= 15 is 0 Å². The highest BCUT2D eigenvalue weighted by molar-refractivity contribution is 7.92. The van der Waals surface area contributed by atoms with Crippen LogP contribution < -0.4 is 11.3 Å².